The van der Waals surface area contributed by atoms with Crippen molar-refractivity contribution in [1.82, 2.24) is 20.5 Å². The molecule has 17 heavy (non-hydrogen) atoms. The Hall–Kier alpha value is -1.71. The molecule has 2 aromatic heterocycles. The minimum atomic E-state index is 0.744. The van der Waals surface area contributed by atoms with E-state index < -0.39 is 0 Å². The van der Waals surface area contributed by atoms with Crippen molar-refractivity contribution in [3.05, 3.63) is 34.0 Å². The lowest BCUT2D eigenvalue weighted by Crippen LogP contribution is -2.14. The third-order valence-corrected chi connectivity index (χ3v) is 3.25. The second-order valence-corrected chi connectivity index (χ2v) is 4.62. The van der Waals surface area contributed by atoms with Crippen LogP contribution in [0.4, 0.5) is 0 Å². The maximum absolute atomic E-state index is 8.69. The van der Waals surface area contributed by atoms with E-state index in [2.05, 4.69) is 26.6 Å². The summed E-state index contributed by atoms with van der Waals surface area (Å²) in [7, 11) is 0. The fourth-order valence-corrected chi connectivity index (χ4v) is 2.26. The molecule has 2 rings (SSSR count). The first-order valence-electron chi connectivity index (χ1n) is 5.41. The zero-order valence-electron chi connectivity index (χ0n) is 9.31. The van der Waals surface area contributed by atoms with Crippen LogP contribution in [0.25, 0.3) is 0 Å². The maximum Gasteiger partial charge on any atom is 0.137 e. The summed E-state index contributed by atoms with van der Waals surface area (Å²) in [5, 5.41) is 20.5. The molecule has 0 radical (unpaired) electrons. The van der Waals surface area contributed by atoms with Crippen LogP contribution in [0, 0.1) is 11.3 Å². The molecular weight excluding hydrogens is 234 g/mol. The molecule has 5 nitrogen and oxygen atoms in total. The first-order valence-corrected chi connectivity index (χ1v) is 6.29. The normalized spacial score (nSPS) is 10.3. The molecule has 2 aromatic rings. The Morgan fingerprint density at radius 3 is 3.18 bits per heavy atom. The number of H-pyrrole nitrogens is 1. The summed E-state index contributed by atoms with van der Waals surface area (Å²) in [4.78, 5) is 5.25. The molecule has 0 unspecified atom stereocenters. The van der Waals surface area contributed by atoms with Crippen molar-refractivity contribution in [3.8, 4) is 6.07 Å². The van der Waals surface area contributed by atoms with Crippen LogP contribution in [-0.4, -0.2) is 21.7 Å². The van der Waals surface area contributed by atoms with E-state index in [0.717, 1.165) is 37.3 Å². The highest BCUT2D eigenvalue weighted by Gasteiger charge is 1.99. The summed E-state index contributed by atoms with van der Waals surface area (Å²) >= 11 is 1.62. The van der Waals surface area contributed by atoms with Crippen LogP contribution in [0.15, 0.2) is 17.8 Å². The lowest BCUT2D eigenvalue weighted by Gasteiger charge is -2.01. The smallest absolute Gasteiger partial charge is 0.137 e. The average molecular weight is 247 g/mol. The Labute approximate surface area is 104 Å². The van der Waals surface area contributed by atoms with Gasteiger partial charge in [-0.15, -0.1) is 11.3 Å². The number of nitrogens with one attached hydrogen (secondary N) is 2. The van der Waals surface area contributed by atoms with Crippen molar-refractivity contribution >= 4 is 11.3 Å². The minimum Gasteiger partial charge on any atom is -0.312 e. The Balaban J connectivity index is 1.62. The van der Waals surface area contributed by atoms with Crippen LogP contribution in [0.1, 0.15) is 22.7 Å². The minimum absolute atomic E-state index is 0.744. The second kappa shape index (κ2) is 6.13. The lowest BCUT2D eigenvalue weighted by molar-refractivity contribution is 0.644. The molecule has 0 atom stereocenters. The number of nitrogens with zero attached hydrogens (tertiary/aromatic N) is 3. The summed E-state index contributed by atoms with van der Waals surface area (Å²) in [6, 6.07) is 4.06. The summed E-state index contributed by atoms with van der Waals surface area (Å²) < 4.78 is 0. The molecule has 2 N–H and O–H groups in total. The van der Waals surface area contributed by atoms with Gasteiger partial charge in [-0.2, -0.15) is 10.4 Å². The number of aromatic nitrogens is 3. The first kappa shape index (κ1) is 11.8. The number of hydrogen-bond donors (Lipinski definition) is 2. The molecule has 0 aliphatic rings. The SMILES string of the molecule is N#Cc1csc(CNCCCc2ncn[nH]2)c1. The van der Waals surface area contributed by atoms with E-state index in [9.17, 15) is 0 Å². The predicted molar refractivity (Wildman–Crippen MR) is 65.4 cm³/mol. The summed E-state index contributed by atoms with van der Waals surface area (Å²) in [6.07, 6.45) is 3.45. The van der Waals surface area contributed by atoms with Gasteiger partial charge in [-0.05, 0) is 19.0 Å². The molecule has 0 saturated heterocycles. The van der Waals surface area contributed by atoms with Crippen molar-refractivity contribution in [1.29, 1.82) is 5.26 Å². The summed E-state index contributed by atoms with van der Waals surface area (Å²) in [6.45, 7) is 1.75. The molecule has 88 valence electrons. The van der Waals surface area contributed by atoms with E-state index in [1.54, 1.807) is 11.3 Å². The van der Waals surface area contributed by atoms with Crippen LogP contribution >= 0.6 is 11.3 Å². The number of aryl methyl sites for hydroxylation is 1. The van der Waals surface area contributed by atoms with Gasteiger partial charge in [0.05, 0.1) is 5.56 Å². The number of nitriles is 1. The fourth-order valence-electron chi connectivity index (χ4n) is 1.48. The van der Waals surface area contributed by atoms with Gasteiger partial charge < -0.3 is 5.32 Å². The monoisotopic (exact) mass is 247 g/mol. The van der Waals surface area contributed by atoms with E-state index >= 15 is 0 Å². The van der Waals surface area contributed by atoms with Crippen molar-refractivity contribution in [2.75, 3.05) is 6.54 Å². The van der Waals surface area contributed by atoms with Crippen LogP contribution in [0.2, 0.25) is 0 Å². The third kappa shape index (κ3) is 3.66. The highest BCUT2D eigenvalue weighted by atomic mass is 32.1. The van der Waals surface area contributed by atoms with E-state index in [4.69, 9.17) is 5.26 Å². The van der Waals surface area contributed by atoms with Gasteiger partial charge in [0.25, 0.3) is 0 Å². The molecule has 0 bridgehead atoms. The molecule has 0 aliphatic carbocycles. The van der Waals surface area contributed by atoms with Gasteiger partial charge in [-0.1, -0.05) is 0 Å². The van der Waals surface area contributed by atoms with Crippen molar-refractivity contribution in [2.45, 2.75) is 19.4 Å². The Kier molecular flexibility index (Phi) is 4.24. The van der Waals surface area contributed by atoms with Gasteiger partial charge in [-0.25, -0.2) is 4.98 Å². The molecule has 0 fully saturated rings. The molecule has 2 heterocycles. The van der Waals surface area contributed by atoms with Gasteiger partial charge >= 0.3 is 0 Å². The zero-order chi connectivity index (χ0) is 11.9. The molecular formula is C11H13N5S. The predicted octanol–water partition coefficient (Wildman–Crippen LogP) is 1.46. The molecule has 0 aromatic carbocycles. The Bertz CT molecular complexity index is 482. The molecule has 0 aliphatic heterocycles. The maximum atomic E-state index is 8.69. The summed E-state index contributed by atoms with van der Waals surface area (Å²) in [5.74, 6) is 0.926. The third-order valence-electron chi connectivity index (χ3n) is 2.31. The molecule has 6 heteroatoms. The van der Waals surface area contributed by atoms with Crippen LogP contribution < -0.4 is 5.32 Å². The second-order valence-electron chi connectivity index (χ2n) is 3.63. The lowest BCUT2D eigenvalue weighted by atomic mass is 10.3. The Morgan fingerprint density at radius 2 is 2.47 bits per heavy atom. The standard InChI is InChI=1S/C11H13N5S/c12-5-9-4-10(17-7-9)6-13-3-1-2-11-14-8-15-16-11/h4,7-8,13H,1-3,6H2,(H,14,15,16). The number of hydrogen-bond acceptors (Lipinski definition) is 5. The quantitative estimate of drug-likeness (QED) is 0.758. The topological polar surface area (TPSA) is 77.4 Å². The van der Waals surface area contributed by atoms with Crippen LogP contribution in [0.5, 0.6) is 0 Å². The van der Waals surface area contributed by atoms with E-state index in [1.165, 1.54) is 11.2 Å². The van der Waals surface area contributed by atoms with Gasteiger partial charge in [0.15, 0.2) is 0 Å². The highest BCUT2D eigenvalue weighted by Crippen LogP contribution is 2.13. The fraction of sp³-hybridized carbons (Fsp3) is 0.364. The van der Waals surface area contributed by atoms with E-state index in [1.807, 2.05) is 11.4 Å². The van der Waals surface area contributed by atoms with Crippen LogP contribution in [0.3, 0.4) is 0 Å². The molecule has 0 spiro atoms. The average Bonchev–Trinajstić information content (AvgIpc) is 2.99. The molecule has 0 amide bonds. The van der Waals surface area contributed by atoms with Crippen LogP contribution in [-0.2, 0) is 13.0 Å². The van der Waals surface area contributed by atoms with Crippen molar-refractivity contribution < 1.29 is 0 Å². The zero-order valence-corrected chi connectivity index (χ0v) is 10.1. The number of rotatable bonds is 6. The highest BCUT2D eigenvalue weighted by molar-refractivity contribution is 7.10. The first-order chi connectivity index (χ1) is 8.38. The van der Waals surface area contributed by atoms with Crippen molar-refractivity contribution in [3.63, 3.8) is 0 Å². The van der Waals surface area contributed by atoms with Gasteiger partial charge in [0.2, 0.25) is 0 Å². The van der Waals surface area contributed by atoms with E-state index in [0.29, 0.717) is 0 Å². The number of thiophene rings is 1. The van der Waals surface area contributed by atoms with E-state index in [-0.39, 0.29) is 0 Å². The van der Waals surface area contributed by atoms with Crippen molar-refractivity contribution in [2.24, 2.45) is 0 Å². The molecule has 0 saturated carbocycles. The Morgan fingerprint density at radius 1 is 1.53 bits per heavy atom. The van der Waals surface area contributed by atoms with Gasteiger partial charge in [0, 0.05) is 23.2 Å². The summed E-state index contributed by atoms with van der Waals surface area (Å²) in [5.41, 5.74) is 0.744. The number of aromatic amines is 1. The van der Waals surface area contributed by atoms with Gasteiger partial charge in [-0.3, -0.25) is 5.10 Å². The van der Waals surface area contributed by atoms with Gasteiger partial charge in [0.1, 0.15) is 18.2 Å². The largest absolute Gasteiger partial charge is 0.312 e.